The molecule has 13 nitrogen and oxygen atoms in total. The van der Waals surface area contributed by atoms with Crippen molar-refractivity contribution in [3.63, 3.8) is 0 Å². The molecule has 52 heavy (non-hydrogen) atoms. The van der Waals surface area contributed by atoms with Gasteiger partial charge in [0.1, 0.15) is 5.58 Å². The van der Waals surface area contributed by atoms with E-state index in [1.165, 1.54) is 0 Å². The van der Waals surface area contributed by atoms with Crippen LogP contribution in [0.25, 0.3) is 32.8 Å². The first kappa shape index (κ1) is 36.6. The van der Waals surface area contributed by atoms with Crippen LogP contribution in [0.4, 0.5) is 0 Å². The fraction of sp³-hybridized carbons (Fsp3) is 0.359. The van der Waals surface area contributed by atoms with Crippen molar-refractivity contribution in [2.75, 3.05) is 72.0 Å². The molecule has 3 aromatic carbocycles. The van der Waals surface area contributed by atoms with Gasteiger partial charge in [-0.2, -0.15) is 0 Å². The molecule has 2 aromatic heterocycles. The molecule has 13 heteroatoms. The molecule has 3 N–H and O–H groups in total. The van der Waals surface area contributed by atoms with Gasteiger partial charge < -0.3 is 19.9 Å². The summed E-state index contributed by atoms with van der Waals surface area (Å²) in [4.78, 5) is 62.6. The summed E-state index contributed by atoms with van der Waals surface area (Å²) < 4.78 is 5.98. The van der Waals surface area contributed by atoms with Crippen LogP contribution in [0.5, 0.6) is 0 Å². The van der Waals surface area contributed by atoms with Crippen LogP contribution in [0.3, 0.4) is 0 Å². The molecule has 0 saturated carbocycles. The zero-order valence-corrected chi connectivity index (χ0v) is 29.2. The molecular formula is C39H44N6O7. The van der Waals surface area contributed by atoms with Crippen molar-refractivity contribution >= 4 is 50.7 Å². The lowest BCUT2D eigenvalue weighted by atomic mass is 10.00. The smallest absolute Gasteiger partial charge is 0.317 e. The van der Waals surface area contributed by atoms with Crippen LogP contribution in [0.2, 0.25) is 0 Å². The van der Waals surface area contributed by atoms with Gasteiger partial charge in [0, 0.05) is 58.9 Å². The maximum absolute atomic E-state index is 13.4. The molecular weight excluding hydrogens is 664 g/mol. The summed E-state index contributed by atoms with van der Waals surface area (Å²) in [5.41, 5.74) is 2.23. The van der Waals surface area contributed by atoms with Gasteiger partial charge in [-0.15, -0.1) is 0 Å². The third kappa shape index (κ3) is 9.36. The largest absolute Gasteiger partial charge is 0.480 e. The molecule has 0 spiro atoms. The summed E-state index contributed by atoms with van der Waals surface area (Å²) in [6, 6.07) is 24.4. The molecule has 272 valence electrons. The van der Waals surface area contributed by atoms with Gasteiger partial charge >= 0.3 is 11.9 Å². The van der Waals surface area contributed by atoms with E-state index < -0.39 is 11.9 Å². The van der Waals surface area contributed by atoms with Gasteiger partial charge in [0.15, 0.2) is 0 Å². The van der Waals surface area contributed by atoms with Gasteiger partial charge in [-0.05, 0) is 47.5 Å². The van der Waals surface area contributed by atoms with E-state index in [1.54, 1.807) is 36.4 Å². The second kappa shape index (κ2) is 16.9. The number of aliphatic carboxylic acids is 2. The number of hydrogen-bond acceptors (Lipinski definition) is 10. The van der Waals surface area contributed by atoms with Gasteiger partial charge in [0.25, 0.3) is 0 Å². The van der Waals surface area contributed by atoms with Gasteiger partial charge in [0.05, 0.1) is 42.1 Å². The zero-order valence-electron chi connectivity index (χ0n) is 29.2. The Bertz CT molecular complexity index is 2080. The number of amides is 1. The monoisotopic (exact) mass is 708 g/mol. The van der Waals surface area contributed by atoms with Crippen molar-refractivity contribution in [3.05, 3.63) is 100 Å². The minimum atomic E-state index is -0.946. The number of carbonyl (C=O) groups excluding carboxylic acids is 1. The maximum Gasteiger partial charge on any atom is 0.317 e. The number of rotatable bonds is 10. The Morgan fingerprint density at radius 3 is 1.90 bits per heavy atom. The summed E-state index contributed by atoms with van der Waals surface area (Å²) in [6.07, 6.45) is 0. The van der Waals surface area contributed by atoms with E-state index in [-0.39, 0.29) is 42.7 Å². The van der Waals surface area contributed by atoms with Crippen molar-refractivity contribution in [3.8, 4) is 0 Å². The summed E-state index contributed by atoms with van der Waals surface area (Å²) in [5.74, 6) is -2.06. The minimum absolute atomic E-state index is 0.0854. The van der Waals surface area contributed by atoms with Gasteiger partial charge in [-0.1, -0.05) is 54.6 Å². The van der Waals surface area contributed by atoms with E-state index in [0.29, 0.717) is 81.0 Å². The predicted molar refractivity (Wildman–Crippen MR) is 198 cm³/mol. The molecule has 1 atom stereocenters. The zero-order chi connectivity index (χ0) is 36.6. The first-order valence-electron chi connectivity index (χ1n) is 17.5. The van der Waals surface area contributed by atoms with Crippen LogP contribution in [-0.4, -0.2) is 125 Å². The molecule has 6 rings (SSSR count). The van der Waals surface area contributed by atoms with E-state index in [2.05, 4.69) is 15.2 Å². The SMILES string of the molecule is C[C@H](NC(=O)CN1CCN(CC(=O)O)CCN(Cc2ccc3c(=O)c4ccccc4oc3n2)CCN(CC(=O)O)CC1)c1cccc2ccccc12. The number of aromatic nitrogens is 1. The number of nitrogens with zero attached hydrogens (tertiary/aromatic N) is 5. The lowest BCUT2D eigenvalue weighted by molar-refractivity contribution is -0.139. The number of pyridine rings is 1. The quantitative estimate of drug-likeness (QED) is 0.182. The highest BCUT2D eigenvalue weighted by atomic mass is 16.4. The minimum Gasteiger partial charge on any atom is -0.480 e. The molecule has 0 radical (unpaired) electrons. The van der Waals surface area contributed by atoms with E-state index >= 15 is 0 Å². The first-order valence-corrected chi connectivity index (χ1v) is 17.5. The Hall–Kier alpha value is -5.21. The molecule has 3 heterocycles. The Morgan fingerprint density at radius 1 is 0.692 bits per heavy atom. The standard InChI is InChI=1S/C39H44N6O7/c1-27(30-11-6-8-28-7-2-3-9-31(28)30)40-35(46)24-43-17-21-44(25-36(47)48)19-15-42(16-20-45(22-18-43)26-37(49)50)23-29-13-14-33-38(51)32-10-4-5-12-34(32)52-39(33)41-29/h2-14,27H,15-26H2,1H3,(H,40,46)(H,47,48)(H,49,50)/t27-/m0/s1. The molecule has 1 fully saturated rings. The van der Waals surface area contributed by atoms with Crippen molar-refractivity contribution < 1.29 is 29.0 Å². The second-order valence-corrected chi connectivity index (χ2v) is 13.3. The average molecular weight is 709 g/mol. The molecule has 5 aromatic rings. The van der Waals surface area contributed by atoms with E-state index in [1.807, 2.05) is 64.1 Å². The van der Waals surface area contributed by atoms with E-state index in [9.17, 15) is 29.4 Å². The Balaban J connectivity index is 1.16. The predicted octanol–water partition coefficient (Wildman–Crippen LogP) is 3.26. The molecule has 1 aliphatic heterocycles. The fourth-order valence-corrected chi connectivity index (χ4v) is 6.83. The number of fused-ring (bicyclic) bond motifs is 3. The van der Waals surface area contributed by atoms with Crippen LogP contribution in [0.1, 0.15) is 24.2 Å². The number of carbonyl (C=O) groups is 3. The highest BCUT2D eigenvalue weighted by Crippen LogP contribution is 2.24. The molecule has 0 aliphatic carbocycles. The van der Waals surface area contributed by atoms with Crippen molar-refractivity contribution in [1.82, 2.24) is 29.9 Å². The van der Waals surface area contributed by atoms with Crippen molar-refractivity contribution in [2.24, 2.45) is 0 Å². The number of hydrogen-bond donors (Lipinski definition) is 3. The number of carboxylic acid groups (broad SMARTS) is 2. The maximum atomic E-state index is 13.4. The lowest BCUT2D eigenvalue weighted by Crippen LogP contribution is -2.49. The van der Waals surface area contributed by atoms with Crippen LogP contribution in [0, 0.1) is 0 Å². The summed E-state index contributed by atoms with van der Waals surface area (Å²) >= 11 is 0. The van der Waals surface area contributed by atoms with Gasteiger partial charge in [0.2, 0.25) is 17.0 Å². The summed E-state index contributed by atoms with van der Waals surface area (Å²) in [5, 5.41) is 25.6. The van der Waals surface area contributed by atoms with E-state index in [0.717, 1.165) is 16.3 Å². The highest BCUT2D eigenvalue weighted by Gasteiger charge is 2.22. The van der Waals surface area contributed by atoms with Gasteiger partial charge in [-0.25, -0.2) is 4.98 Å². The topological polar surface area (TPSA) is 160 Å². The Labute approximate surface area is 301 Å². The third-order valence-corrected chi connectivity index (χ3v) is 9.57. The average Bonchev–Trinajstić information content (AvgIpc) is 3.12. The summed E-state index contributed by atoms with van der Waals surface area (Å²) in [6.45, 7) is 5.56. The molecule has 0 bridgehead atoms. The van der Waals surface area contributed by atoms with Crippen LogP contribution in [-0.2, 0) is 20.9 Å². The number of para-hydroxylation sites is 1. The number of benzene rings is 3. The van der Waals surface area contributed by atoms with Crippen molar-refractivity contribution in [2.45, 2.75) is 19.5 Å². The normalized spacial score (nSPS) is 16.7. The lowest BCUT2D eigenvalue weighted by Gasteiger charge is -2.33. The molecule has 1 amide bonds. The van der Waals surface area contributed by atoms with Gasteiger partial charge in [-0.3, -0.25) is 38.8 Å². The van der Waals surface area contributed by atoms with E-state index in [4.69, 9.17) is 4.42 Å². The van der Waals surface area contributed by atoms with Crippen LogP contribution < -0.4 is 10.7 Å². The summed E-state index contributed by atoms with van der Waals surface area (Å²) in [7, 11) is 0. The molecule has 1 aliphatic rings. The van der Waals surface area contributed by atoms with Crippen LogP contribution in [0.15, 0.2) is 88.1 Å². The highest BCUT2D eigenvalue weighted by molar-refractivity contribution is 5.88. The number of carboxylic acids is 2. The first-order chi connectivity index (χ1) is 25.1. The Morgan fingerprint density at radius 2 is 1.25 bits per heavy atom. The van der Waals surface area contributed by atoms with Crippen molar-refractivity contribution in [1.29, 1.82) is 0 Å². The number of nitrogens with one attached hydrogen (secondary N) is 1. The fourth-order valence-electron chi connectivity index (χ4n) is 6.83. The molecule has 0 unspecified atom stereocenters. The third-order valence-electron chi connectivity index (χ3n) is 9.57. The Kier molecular flexibility index (Phi) is 11.9. The molecule has 1 saturated heterocycles. The second-order valence-electron chi connectivity index (χ2n) is 13.3. The van der Waals surface area contributed by atoms with Crippen LogP contribution >= 0.6 is 0 Å².